The molecule has 3 atom stereocenters. The van der Waals surface area contributed by atoms with Crippen molar-refractivity contribution in [1.82, 2.24) is 29.7 Å². The van der Waals surface area contributed by atoms with Gasteiger partial charge in [0.2, 0.25) is 0 Å². The van der Waals surface area contributed by atoms with E-state index in [9.17, 15) is 4.79 Å². The number of ether oxygens (including phenoxy) is 2. The van der Waals surface area contributed by atoms with Crippen LogP contribution < -0.4 is 11.1 Å². The minimum absolute atomic E-state index is 0.0841. The number of anilines is 1. The van der Waals surface area contributed by atoms with Gasteiger partial charge in [0.25, 0.3) is 0 Å². The van der Waals surface area contributed by atoms with Gasteiger partial charge in [-0.2, -0.15) is 0 Å². The third-order valence-electron chi connectivity index (χ3n) is 5.87. The number of nitrogens with zero attached hydrogens (tertiary/aromatic N) is 5. The van der Waals surface area contributed by atoms with E-state index in [-0.39, 0.29) is 18.4 Å². The Hall–Kier alpha value is -2.46. The summed E-state index contributed by atoms with van der Waals surface area (Å²) in [6.45, 7) is 8.20. The molecule has 1 amide bonds. The topological polar surface area (TPSA) is 120 Å². The molecule has 0 saturated carbocycles. The standard InChI is InChI=1S/C21H33N7O3/c1-21(2,3)31-20(29)23-9-8-14-5-4-10-27(14)11-15-6-7-16(30-15)28-13-26-17-18(22)24-12-25-19(17)28/h12-16H,4-11H2,1-3H3,(H,23,29)(H2,22,24,25). The van der Waals surface area contributed by atoms with Gasteiger partial charge in [-0.25, -0.2) is 19.7 Å². The summed E-state index contributed by atoms with van der Waals surface area (Å²) in [4.78, 5) is 27.0. The van der Waals surface area contributed by atoms with Crippen LogP contribution in [0.1, 0.15) is 59.1 Å². The van der Waals surface area contributed by atoms with Crippen molar-refractivity contribution in [3.05, 3.63) is 12.7 Å². The van der Waals surface area contributed by atoms with E-state index in [2.05, 4.69) is 25.2 Å². The smallest absolute Gasteiger partial charge is 0.407 e. The molecule has 0 aliphatic carbocycles. The van der Waals surface area contributed by atoms with Gasteiger partial charge >= 0.3 is 6.09 Å². The number of hydrogen-bond donors (Lipinski definition) is 2. The molecule has 2 aromatic rings. The fraction of sp³-hybridized carbons (Fsp3) is 0.714. The molecule has 2 saturated heterocycles. The highest BCUT2D eigenvalue weighted by atomic mass is 16.6. The van der Waals surface area contributed by atoms with Crippen molar-refractivity contribution < 1.29 is 14.3 Å². The van der Waals surface area contributed by atoms with Crippen molar-refractivity contribution >= 4 is 23.1 Å². The number of carbonyl (C=O) groups excluding carboxylic acids is 1. The molecule has 3 unspecified atom stereocenters. The maximum absolute atomic E-state index is 11.9. The second-order valence-corrected chi connectivity index (χ2v) is 9.38. The zero-order valence-corrected chi connectivity index (χ0v) is 18.6. The van der Waals surface area contributed by atoms with Gasteiger partial charge in [-0.05, 0) is 59.4 Å². The Bertz CT molecular complexity index is 910. The third kappa shape index (κ3) is 5.24. The summed E-state index contributed by atoms with van der Waals surface area (Å²) in [5, 5.41) is 2.88. The van der Waals surface area contributed by atoms with Crippen LogP contribution in [0.5, 0.6) is 0 Å². The summed E-state index contributed by atoms with van der Waals surface area (Å²) >= 11 is 0. The Balaban J connectivity index is 1.27. The number of alkyl carbamates (subject to hydrolysis) is 1. The highest BCUT2D eigenvalue weighted by Crippen LogP contribution is 2.32. The highest BCUT2D eigenvalue weighted by Gasteiger charge is 2.33. The molecular weight excluding hydrogens is 398 g/mol. The van der Waals surface area contributed by atoms with Gasteiger partial charge in [0.15, 0.2) is 11.5 Å². The molecule has 170 valence electrons. The van der Waals surface area contributed by atoms with E-state index in [1.807, 2.05) is 25.3 Å². The predicted molar refractivity (Wildman–Crippen MR) is 116 cm³/mol. The van der Waals surface area contributed by atoms with E-state index in [4.69, 9.17) is 15.2 Å². The highest BCUT2D eigenvalue weighted by molar-refractivity contribution is 5.81. The Morgan fingerprint density at radius 2 is 2.13 bits per heavy atom. The minimum Gasteiger partial charge on any atom is -0.444 e. The van der Waals surface area contributed by atoms with Crippen molar-refractivity contribution in [3.8, 4) is 0 Å². The Morgan fingerprint density at radius 1 is 1.29 bits per heavy atom. The van der Waals surface area contributed by atoms with Crippen LogP contribution in [0.15, 0.2) is 12.7 Å². The number of likely N-dealkylation sites (tertiary alicyclic amines) is 1. The molecule has 10 nitrogen and oxygen atoms in total. The molecule has 10 heteroatoms. The van der Waals surface area contributed by atoms with Crippen LogP contribution in [-0.4, -0.2) is 67.9 Å². The van der Waals surface area contributed by atoms with Crippen molar-refractivity contribution in [2.24, 2.45) is 0 Å². The second kappa shape index (κ2) is 8.96. The number of imidazole rings is 1. The lowest BCUT2D eigenvalue weighted by Crippen LogP contribution is -2.39. The Labute approximate surface area is 182 Å². The number of nitrogens with two attached hydrogens (primary N) is 1. The van der Waals surface area contributed by atoms with Crippen LogP contribution in [-0.2, 0) is 9.47 Å². The molecule has 2 aliphatic rings. The van der Waals surface area contributed by atoms with E-state index >= 15 is 0 Å². The van der Waals surface area contributed by atoms with Crippen LogP contribution in [0, 0.1) is 0 Å². The molecule has 3 N–H and O–H groups in total. The fourth-order valence-electron chi connectivity index (χ4n) is 4.49. The molecule has 2 aromatic heterocycles. The van der Waals surface area contributed by atoms with E-state index in [1.54, 1.807) is 6.33 Å². The maximum atomic E-state index is 11.9. The van der Waals surface area contributed by atoms with Crippen molar-refractivity contribution in [3.63, 3.8) is 0 Å². The lowest BCUT2D eigenvalue weighted by molar-refractivity contribution is -0.0137. The van der Waals surface area contributed by atoms with Gasteiger partial charge in [-0.3, -0.25) is 9.47 Å². The lowest BCUT2D eigenvalue weighted by Gasteiger charge is -2.27. The van der Waals surface area contributed by atoms with Gasteiger partial charge in [0.05, 0.1) is 12.4 Å². The monoisotopic (exact) mass is 431 g/mol. The number of carbonyl (C=O) groups is 1. The zero-order chi connectivity index (χ0) is 22.0. The molecule has 2 fully saturated rings. The van der Waals surface area contributed by atoms with E-state index in [0.717, 1.165) is 38.8 Å². The number of hydrogen-bond acceptors (Lipinski definition) is 8. The SMILES string of the molecule is CC(C)(C)OC(=O)NCCC1CCCN1CC1CCC(n2cnc3c(N)ncnc32)O1. The summed E-state index contributed by atoms with van der Waals surface area (Å²) in [5.74, 6) is 0.387. The first kappa shape index (κ1) is 21.8. The summed E-state index contributed by atoms with van der Waals surface area (Å²) in [5.41, 5.74) is 6.76. The first-order valence-electron chi connectivity index (χ1n) is 11.1. The van der Waals surface area contributed by atoms with Crippen molar-refractivity contribution in [2.45, 2.75) is 76.9 Å². The molecular formula is C21H33N7O3. The summed E-state index contributed by atoms with van der Waals surface area (Å²) in [6, 6.07) is 0.458. The van der Waals surface area contributed by atoms with Crippen LogP contribution in [0.4, 0.5) is 10.6 Å². The number of rotatable bonds is 6. The van der Waals surface area contributed by atoms with Gasteiger partial charge in [0.1, 0.15) is 23.7 Å². The molecule has 31 heavy (non-hydrogen) atoms. The van der Waals surface area contributed by atoms with E-state index < -0.39 is 5.60 Å². The predicted octanol–water partition coefficient (Wildman–Crippen LogP) is 2.47. The van der Waals surface area contributed by atoms with E-state index in [1.165, 1.54) is 12.7 Å². The average molecular weight is 432 g/mol. The number of aromatic nitrogens is 4. The normalized spacial score (nSPS) is 24.7. The summed E-state index contributed by atoms with van der Waals surface area (Å²) in [7, 11) is 0. The quantitative estimate of drug-likeness (QED) is 0.716. The molecule has 2 aliphatic heterocycles. The lowest BCUT2D eigenvalue weighted by atomic mass is 10.1. The molecule has 0 aromatic carbocycles. The van der Waals surface area contributed by atoms with Crippen LogP contribution >= 0.6 is 0 Å². The third-order valence-corrected chi connectivity index (χ3v) is 5.87. The average Bonchev–Trinajstić information content (AvgIpc) is 3.41. The van der Waals surface area contributed by atoms with Gasteiger partial charge < -0.3 is 20.5 Å². The van der Waals surface area contributed by atoms with E-state index in [0.29, 0.717) is 29.6 Å². The number of fused-ring (bicyclic) bond motifs is 1. The van der Waals surface area contributed by atoms with Crippen molar-refractivity contribution in [2.75, 3.05) is 25.4 Å². The number of nitrogen functional groups attached to an aromatic ring is 1. The Kier molecular flexibility index (Phi) is 6.29. The Morgan fingerprint density at radius 3 is 2.94 bits per heavy atom. The zero-order valence-electron chi connectivity index (χ0n) is 18.6. The largest absolute Gasteiger partial charge is 0.444 e. The van der Waals surface area contributed by atoms with Crippen LogP contribution in [0.2, 0.25) is 0 Å². The first-order valence-corrected chi connectivity index (χ1v) is 11.1. The molecule has 0 radical (unpaired) electrons. The molecule has 0 spiro atoms. The fourth-order valence-corrected chi connectivity index (χ4v) is 4.49. The van der Waals surface area contributed by atoms with Gasteiger partial charge in [-0.1, -0.05) is 0 Å². The molecule has 4 heterocycles. The number of amides is 1. The second-order valence-electron chi connectivity index (χ2n) is 9.38. The van der Waals surface area contributed by atoms with Gasteiger partial charge in [0, 0.05) is 19.1 Å². The molecule has 0 bridgehead atoms. The molecule has 4 rings (SSSR count). The minimum atomic E-state index is -0.474. The van der Waals surface area contributed by atoms with Gasteiger partial charge in [-0.15, -0.1) is 0 Å². The van der Waals surface area contributed by atoms with Crippen LogP contribution in [0.3, 0.4) is 0 Å². The van der Waals surface area contributed by atoms with Crippen LogP contribution in [0.25, 0.3) is 11.2 Å². The summed E-state index contributed by atoms with van der Waals surface area (Å²) in [6.07, 6.45) is 8.08. The van der Waals surface area contributed by atoms with Crippen molar-refractivity contribution in [1.29, 1.82) is 0 Å². The maximum Gasteiger partial charge on any atom is 0.407 e. The summed E-state index contributed by atoms with van der Waals surface area (Å²) < 4.78 is 13.6. The first-order chi connectivity index (χ1) is 14.8. The number of nitrogens with one attached hydrogen (secondary N) is 1.